The van der Waals surface area contributed by atoms with Crippen LogP contribution in [0.4, 0.5) is 8.78 Å². The predicted octanol–water partition coefficient (Wildman–Crippen LogP) is 2.54. The molecular weight excluding hydrogens is 330 g/mol. The summed E-state index contributed by atoms with van der Waals surface area (Å²) in [5, 5.41) is 21.1. The van der Waals surface area contributed by atoms with Crippen molar-refractivity contribution >= 4 is 18.0 Å². The molecule has 124 valence electrons. The van der Waals surface area contributed by atoms with E-state index in [0.717, 1.165) is 16.4 Å². The van der Waals surface area contributed by atoms with Crippen molar-refractivity contribution in [2.45, 2.75) is 11.6 Å². The van der Waals surface area contributed by atoms with Crippen LogP contribution < -0.4 is 9.47 Å². The summed E-state index contributed by atoms with van der Waals surface area (Å²) in [6, 6.07) is 2.99. The zero-order valence-electron chi connectivity index (χ0n) is 12.5. The molecule has 0 aliphatic carbocycles. The number of ether oxygens (including phenoxy) is 2. The minimum atomic E-state index is -2.80. The molecule has 23 heavy (non-hydrogen) atoms. The summed E-state index contributed by atoms with van der Waals surface area (Å²) in [7, 11) is 2.77. The maximum Gasteiger partial charge on any atom is 0.299 e. The smallest absolute Gasteiger partial charge is 0.299 e. The first-order valence-electron chi connectivity index (χ1n) is 6.28. The predicted molar refractivity (Wildman–Crippen MR) is 81.0 cm³/mol. The van der Waals surface area contributed by atoms with Gasteiger partial charge in [0.1, 0.15) is 0 Å². The highest BCUT2D eigenvalue weighted by molar-refractivity contribution is 7.98. The van der Waals surface area contributed by atoms with Crippen molar-refractivity contribution in [3.8, 4) is 17.2 Å². The SMILES string of the molecule is COc1cc(/C=N/n2c(SC)nnc2C(F)F)cc(OC)c1O. The van der Waals surface area contributed by atoms with Gasteiger partial charge >= 0.3 is 0 Å². The summed E-state index contributed by atoms with van der Waals surface area (Å²) < 4.78 is 36.8. The Bertz CT molecular complexity index is 696. The molecular formula is C13H14F2N4O3S. The molecule has 0 radical (unpaired) electrons. The Balaban J connectivity index is 2.43. The Morgan fingerprint density at radius 2 is 1.87 bits per heavy atom. The second-order valence-corrected chi connectivity index (χ2v) is 4.95. The first kappa shape index (κ1) is 17.0. The zero-order valence-corrected chi connectivity index (χ0v) is 13.3. The molecule has 0 aliphatic heterocycles. The molecule has 10 heteroatoms. The summed E-state index contributed by atoms with van der Waals surface area (Å²) >= 11 is 1.14. The Hall–Kier alpha value is -2.36. The fraction of sp³-hybridized carbons (Fsp3) is 0.308. The molecule has 0 atom stereocenters. The van der Waals surface area contributed by atoms with Crippen LogP contribution in [0.2, 0.25) is 0 Å². The minimum Gasteiger partial charge on any atom is -0.502 e. The maximum atomic E-state index is 12.9. The largest absolute Gasteiger partial charge is 0.502 e. The van der Waals surface area contributed by atoms with Gasteiger partial charge in [-0.15, -0.1) is 10.2 Å². The quantitative estimate of drug-likeness (QED) is 0.641. The van der Waals surface area contributed by atoms with Crippen LogP contribution in [0.5, 0.6) is 17.2 Å². The molecule has 0 saturated carbocycles. The number of thioether (sulfide) groups is 1. The highest BCUT2D eigenvalue weighted by Crippen LogP contribution is 2.36. The number of phenolic OH excluding ortho intramolecular Hbond substituents is 1. The third kappa shape index (κ3) is 3.52. The third-order valence-electron chi connectivity index (χ3n) is 2.84. The Morgan fingerprint density at radius 1 is 1.26 bits per heavy atom. The average Bonchev–Trinajstić information content (AvgIpc) is 2.96. The molecule has 0 fully saturated rings. The van der Waals surface area contributed by atoms with Crippen LogP contribution in [0.1, 0.15) is 17.8 Å². The molecule has 0 amide bonds. The molecule has 0 spiro atoms. The third-order valence-corrected chi connectivity index (χ3v) is 3.46. The molecule has 2 rings (SSSR count). The van der Waals surface area contributed by atoms with Crippen LogP contribution >= 0.6 is 11.8 Å². The number of rotatable bonds is 6. The summed E-state index contributed by atoms with van der Waals surface area (Å²) in [5.41, 5.74) is 0.484. The number of hydrogen-bond acceptors (Lipinski definition) is 7. The topological polar surface area (TPSA) is 81.8 Å². The van der Waals surface area contributed by atoms with Crippen molar-refractivity contribution in [2.75, 3.05) is 20.5 Å². The minimum absolute atomic E-state index is 0.158. The van der Waals surface area contributed by atoms with Crippen LogP contribution in [0.3, 0.4) is 0 Å². The van der Waals surface area contributed by atoms with Crippen LogP contribution in [0, 0.1) is 0 Å². The van der Waals surface area contributed by atoms with E-state index in [0.29, 0.717) is 5.56 Å². The van der Waals surface area contributed by atoms with Gasteiger partial charge in [0.05, 0.1) is 20.4 Å². The number of halogens is 2. The van der Waals surface area contributed by atoms with E-state index in [4.69, 9.17) is 9.47 Å². The number of aromatic nitrogens is 3. The number of nitrogens with zero attached hydrogens (tertiary/aromatic N) is 4. The van der Waals surface area contributed by atoms with Gasteiger partial charge in [0, 0.05) is 5.56 Å². The van der Waals surface area contributed by atoms with E-state index in [9.17, 15) is 13.9 Å². The number of benzene rings is 1. The van der Waals surface area contributed by atoms with E-state index in [1.54, 1.807) is 6.26 Å². The van der Waals surface area contributed by atoms with Crippen LogP contribution in [0.25, 0.3) is 0 Å². The normalized spacial score (nSPS) is 11.4. The van der Waals surface area contributed by atoms with Gasteiger partial charge in [0.15, 0.2) is 11.5 Å². The second kappa shape index (κ2) is 7.27. The van der Waals surface area contributed by atoms with Gasteiger partial charge in [0.2, 0.25) is 16.7 Å². The van der Waals surface area contributed by atoms with Gasteiger partial charge in [-0.05, 0) is 18.4 Å². The molecule has 1 aromatic carbocycles. The van der Waals surface area contributed by atoms with Crippen molar-refractivity contribution in [1.29, 1.82) is 0 Å². The lowest BCUT2D eigenvalue weighted by Gasteiger charge is -2.09. The van der Waals surface area contributed by atoms with Crippen molar-refractivity contribution in [3.63, 3.8) is 0 Å². The summed E-state index contributed by atoms with van der Waals surface area (Å²) in [5.74, 6) is -0.361. The van der Waals surface area contributed by atoms with Gasteiger partial charge in [-0.3, -0.25) is 0 Å². The molecule has 2 aromatic rings. The van der Waals surface area contributed by atoms with E-state index in [-0.39, 0.29) is 22.4 Å². The Morgan fingerprint density at radius 3 is 2.35 bits per heavy atom. The molecule has 0 unspecified atom stereocenters. The molecule has 0 saturated heterocycles. The van der Waals surface area contributed by atoms with Crippen molar-refractivity contribution < 1.29 is 23.4 Å². The molecule has 0 bridgehead atoms. The highest BCUT2D eigenvalue weighted by atomic mass is 32.2. The number of methoxy groups -OCH3 is 2. The van der Waals surface area contributed by atoms with Crippen molar-refractivity contribution in [2.24, 2.45) is 5.10 Å². The lowest BCUT2D eigenvalue weighted by molar-refractivity contribution is 0.135. The fourth-order valence-electron chi connectivity index (χ4n) is 1.76. The molecule has 7 nitrogen and oxygen atoms in total. The molecule has 1 heterocycles. The summed E-state index contributed by atoms with van der Waals surface area (Å²) in [6.45, 7) is 0. The van der Waals surface area contributed by atoms with Crippen LogP contribution in [0.15, 0.2) is 22.4 Å². The van der Waals surface area contributed by atoms with Gasteiger partial charge in [-0.1, -0.05) is 11.8 Å². The highest BCUT2D eigenvalue weighted by Gasteiger charge is 2.19. The second-order valence-electron chi connectivity index (χ2n) is 4.18. The Labute approximate surface area is 134 Å². The van der Waals surface area contributed by atoms with E-state index >= 15 is 0 Å². The van der Waals surface area contributed by atoms with E-state index < -0.39 is 12.2 Å². The van der Waals surface area contributed by atoms with Crippen molar-refractivity contribution in [3.05, 3.63) is 23.5 Å². The first-order chi connectivity index (χ1) is 11.0. The first-order valence-corrected chi connectivity index (χ1v) is 7.51. The van der Waals surface area contributed by atoms with Crippen LogP contribution in [-0.4, -0.2) is 46.7 Å². The maximum absolute atomic E-state index is 12.9. The monoisotopic (exact) mass is 344 g/mol. The van der Waals surface area contributed by atoms with E-state index in [1.807, 2.05) is 0 Å². The average molecular weight is 344 g/mol. The van der Waals surface area contributed by atoms with Crippen LogP contribution in [-0.2, 0) is 0 Å². The lowest BCUT2D eigenvalue weighted by atomic mass is 10.2. The molecule has 1 N–H and O–H groups in total. The fourth-order valence-corrected chi connectivity index (χ4v) is 2.20. The van der Waals surface area contributed by atoms with Gasteiger partial charge in [-0.2, -0.15) is 9.78 Å². The zero-order chi connectivity index (χ0) is 17.0. The number of aromatic hydroxyl groups is 1. The van der Waals surface area contributed by atoms with Crippen molar-refractivity contribution in [1.82, 2.24) is 14.9 Å². The Kier molecular flexibility index (Phi) is 5.37. The van der Waals surface area contributed by atoms with E-state index in [1.165, 1.54) is 32.6 Å². The lowest BCUT2D eigenvalue weighted by Crippen LogP contribution is -2.01. The molecule has 0 aliphatic rings. The number of hydrogen-bond donors (Lipinski definition) is 1. The standard InChI is InChI=1S/C13H14F2N4O3S/c1-21-8-4-7(5-9(22-2)10(8)20)6-16-19-12(11(14)15)17-18-13(19)23-3/h4-6,11,20H,1-3H3/b16-6+. The molecule has 1 aromatic heterocycles. The van der Waals surface area contributed by atoms with Gasteiger partial charge in [0.25, 0.3) is 6.43 Å². The number of alkyl halides is 2. The van der Waals surface area contributed by atoms with Gasteiger partial charge in [-0.25, -0.2) is 8.78 Å². The van der Waals surface area contributed by atoms with Gasteiger partial charge < -0.3 is 14.6 Å². The summed E-state index contributed by atoms with van der Waals surface area (Å²) in [6.07, 6.45) is 0.196. The summed E-state index contributed by atoms with van der Waals surface area (Å²) in [4.78, 5) is 0. The van der Waals surface area contributed by atoms with E-state index in [2.05, 4.69) is 15.3 Å². The number of phenols is 1.